The van der Waals surface area contributed by atoms with Gasteiger partial charge in [-0.3, -0.25) is 4.79 Å². The number of ether oxygens (including phenoxy) is 2. The minimum absolute atomic E-state index is 0.140. The van der Waals surface area contributed by atoms with Crippen LogP contribution >= 0.6 is 0 Å². The van der Waals surface area contributed by atoms with Gasteiger partial charge in [-0.05, 0) is 47.5 Å². The van der Waals surface area contributed by atoms with E-state index >= 15 is 0 Å². The minimum Gasteiger partial charge on any atom is -0.469 e. The Kier molecular flexibility index (Phi) is 4.48. The third-order valence-corrected chi connectivity index (χ3v) is 3.33. The third kappa shape index (κ3) is 4.11. The van der Waals surface area contributed by atoms with Crippen LogP contribution in [0.15, 0.2) is 0 Å². The maximum atomic E-state index is 12.2. The lowest BCUT2D eigenvalue weighted by atomic mass is 9.83. The van der Waals surface area contributed by atoms with Gasteiger partial charge in [0.2, 0.25) is 0 Å². The maximum absolute atomic E-state index is 12.2. The number of methoxy groups -OCH3 is 1. The summed E-state index contributed by atoms with van der Waals surface area (Å²) in [5, 5.41) is 0. The molecule has 110 valence electrons. The first-order valence-electron chi connectivity index (χ1n) is 6.65. The van der Waals surface area contributed by atoms with Crippen LogP contribution in [0.25, 0.3) is 0 Å². The van der Waals surface area contributed by atoms with Gasteiger partial charge in [0.15, 0.2) is 0 Å². The average molecular weight is 271 g/mol. The number of likely N-dealkylation sites (tertiary alicyclic amines) is 1. The highest BCUT2D eigenvalue weighted by Crippen LogP contribution is 2.33. The number of nitrogens with zero attached hydrogens (tertiary/aromatic N) is 1. The smallest absolute Gasteiger partial charge is 0.410 e. The first-order chi connectivity index (χ1) is 8.57. The summed E-state index contributed by atoms with van der Waals surface area (Å²) < 4.78 is 10.2. The number of esters is 1. The van der Waals surface area contributed by atoms with Crippen LogP contribution in [0.5, 0.6) is 0 Å². The molecule has 1 aliphatic rings. The molecule has 1 atom stereocenters. The molecule has 5 heteroatoms. The molecule has 0 aromatic rings. The third-order valence-electron chi connectivity index (χ3n) is 3.33. The van der Waals surface area contributed by atoms with Crippen molar-refractivity contribution in [2.24, 2.45) is 5.92 Å². The summed E-state index contributed by atoms with van der Waals surface area (Å²) in [4.78, 5) is 25.5. The Hall–Kier alpha value is -1.26. The Morgan fingerprint density at radius 2 is 1.84 bits per heavy atom. The zero-order chi connectivity index (χ0) is 14.8. The predicted octanol–water partition coefficient (Wildman–Crippen LogP) is 2.59. The van der Waals surface area contributed by atoms with E-state index in [1.807, 2.05) is 34.6 Å². The van der Waals surface area contributed by atoms with Gasteiger partial charge in [-0.2, -0.15) is 0 Å². The Labute approximate surface area is 115 Å². The molecule has 0 spiro atoms. The van der Waals surface area contributed by atoms with E-state index < -0.39 is 11.1 Å². The number of hydrogen-bond donors (Lipinski definition) is 0. The van der Waals surface area contributed by atoms with Gasteiger partial charge in [0.25, 0.3) is 0 Å². The molecule has 0 aromatic carbocycles. The normalized spacial score (nSPS) is 22.8. The number of carbonyl (C=O) groups excluding carboxylic acids is 2. The van der Waals surface area contributed by atoms with Crippen LogP contribution in [0.2, 0.25) is 0 Å². The molecule has 0 N–H and O–H groups in total. The topological polar surface area (TPSA) is 55.8 Å². The molecule has 0 aromatic heterocycles. The molecule has 1 saturated heterocycles. The minimum atomic E-state index is -0.508. The molecule has 19 heavy (non-hydrogen) atoms. The predicted molar refractivity (Wildman–Crippen MR) is 71.8 cm³/mol. The van der Waals surface area contributed by atoms with Crippen LogP contribution in [-0.4, -0.2) is 41.8 Å². The molecule has 1 aliphatic heterocycles. The molecule has 5 nitrogen and oxygen atoms in total. The van der Waals surface area contributed by atoms with Crippen molar-refractivity contribution < 1.29 is 19.1 Å². The molecule has 1 unspecified atom stereocenters. The Bertz CT molecular complexity index is 357. The van der Waals surface area contributed by atoms with Crippen molar-refractivity contribution in [3.63, 3.8) is 0 Å². The van der Waals surface area contributed by atoms with Crippen LogP contribution in [0.3, 0.4) is 0 Å². The van der Waals surface area contributed by atoms with E-state index in [1.54, 1.807) is 4.90 Å². The SMILES string of the molecule is COC(=O)C1CCN(C(=O)OC(C)(C)C)C(C)(C)C1. The lowest BCUT2D eigenvalue weighted by Gasteiger charge is -2.44. The highest BCUT2D eigenvalue weighted by Gasteiger charge is 2.41. The van der Waals surface area contributed by atoms with Gasteiger partial charge in [-0.25, -0.2) is 4.79 Å². The van der Waals surface area contributed by atoms with Gasteiger partial charge in [0.1, 0.15) is 5.60 Å². The molecule has 1 rings (SSSR count). The number of amides is 1. The van der Waals surface area contributed by atoms with Crippen molar-refractivity contribution in [3.8, 4) is 0 Å². The van der Waals surface area contributed by atoms with E-state index in [4.69, 9.17) is 9.47 Å². The van der Waals surface area contributed by atoms with Gasteiger partial charge in [0.05, 0.1) is 13.0 Å². The second-order valence-corrected chi connectivity index (χ2v) is 6.66. The van der Waals surface area contributed by atoms with Crippen molar-refractivity contribution in [3.05, 3.63) is 0 Å². The first kappa shape index (κ1) is 15.8. The maximum Gasteiger partial charge on any atom is 0.410 e. The van der Waals surface area contributed by atoms with Gasteiger partial charge in [-0.1, -0.05) is 0 Å². The molecule has 1 amide bonds. The van der Waals surface area contributed by atoms with Crippen molar-refractivity contribution in [1.29, 1.82) is 0 Å². The Morgan fingerprint density at radius 1 is 1.26 bits per heavy atom. The highest BCUT2D eigenvalue weighted by molar-refractivity contribution is 5.74. The second kappa shape index (κ2) is 5.39. The van der Waals surface area contributed by atoms with Gasteiger partial charge in [0, 0.05) is 12.1 Å². The highest BCUT2D eigenvalue weighted by atomic mass is 16.6. The summed E-state index contributed by atoms with van der Waals surface area (Å²) in [6, 6.07) is 0. The number of carbonyl (C=O) groups is 2. The van der Waals surface area contributed by atoms with E-state index in [2.05, 4.69) is 0 Å². The summed E-state index contributed by atoms with van der Waals surface area (Å²) in [7, 11) is 1.40. The van der Waals surface area contributed by atoms with Gasteiger partial charge in [-0.15, -0.1) is 0 Å². The van der Waals surface area contributed by atoms with Gasteiger partial charge >= 0.3 is 12.1 Å². The van der Waals surface area contributed by atoms with Crippen LogP contribution < -0.4 is 0 Å². The molecular formula is C14H25NO4. The Morgan fingerprint density at radius 3 is 2.26 bits per heavy atom. The van der Waals surface area contributed by atoms with Crippen molar-refractivity contribution in [1.82, 2.24) is 4.90 Å². The Balaban J connectivity index is 2.74. The molecule has 0 aliphatic carbocycles. The van der Waals surface area contributed by atoms with Crippen molar-refractivity contribution in [2.75, 3.05) is 13.7 Å². The van der Waals surface area contributed by atoms with E-state index in [-0.39, 0.29) is 18.0 Å². The largest absolute Gasteiger partial charge is 0.469 e. The van der Waals surface area contributed by atoms with Crippen LogP contribution in [0.4, 0.5) is 4.79 Å². The average Bonchev–Trinajstić information content (AvgIpc) is 2.23. The van der Waals surface area contributed by atoms with Crippen molar-refractivity contribution in [2.45, 2.75) is 58.6 Å². The molecule has 0 saturated carbocycles. The zero-order valence-electron chi connectivity index (χ0n) is 12.8. The fourth-order valence-electron chi connectivity index (χ4n) is 2.43. The standard InChI is InChI=1S/C14H25NO4/c1-13(2,3)19-12(17)15-8-7-10(11(16)18-6)9-14(15,4)5/h10H,7-9H2,1-6H3. The van der Waals surface area contributed by atoms with E-state index in [1.165, 1.54) is 7.11 Å². The number of piperidine rings is 1. The summed E-state index contributed by atoms with van der Waals surface area (Å²) in [5.74, 6) is -0.337. The second-order valence-electron chi connectivity index (χ2n) is 6.66. The summed E-state index contributed by atoms with van der Waals surface area (Å²) in [6.45, 7) is 9.96. The van der Waals surface area contributed by atoms with Gasteiger partial charge < -0.3 is 14.4 Å². The van der Waals surface area contributed by atoms with E-state index in [0.29, 0.717) is 19.4 Å². The summed E-state index contributed by atoms with van der Waals surface area (Å²) in [6.07, 6.45) is 0.898. The lowest BCUT2D eigenvalue weighted by Crippen LogP contribution is -2.55. The molecular weight excluding hydrogens is 246 g/mol. The fourth-order valence-corrected chi connectivity index (χ4v) is 2.43. The molecule has 1 fully saturated rings. The van der Waals surface area contributed by atoms with Crippen LogP contribution in [0.1, 0.15) is 47.5 Å². The molecule has 1 heterocycles. The lowest BCUT2D eigenvalue weighted by molar-refractivity contribution is -0.149. The van der Waals surface area contributed by atoms with Crippen LogP contribution in [-0.2, 0) is 14.3 Å². The summed E-state index contributed by atoms with van der Waals surface area (Å²) >= 11 is 0. The molecule has 0 radical (unpaired) electrons. The van der Waals surface area contributed by atoms with E-state index in [9.17, 15) is 9.59 Å². The monoisotopic (exact) mass is 271 g/mol. The number of rotatable bonds is 1. The van der Waals surface area contributed by atoms with Crippen LogP contribution in [0, 0.1) is 5.92 Å². The van der Waals surface area contributed by atoms with E-state index in [0.717, 1.165) is 0 Å². The quantitative estimate of drug-likeness (QED) is 0.688. The first-order valence-corrected chi connectivity index (χ1v) is 6.65. The zero-order valence-corrected chi connectivity index (χ0v) is 12.8. The van der Waals surface area contributed by atoms with Crippen molar-refractivity contribution >= 4 is 12.1 Å². The number of hydrogen-bond acceptors (Lipinski definition) is 4. The molecule has 0 bridgehead atoms. The fraction of sp³-hybridized carbons (Fsp3) is 0.857. The summed E-state index contributed by atoms with van der Waals surface area (Å²) in [5.41, 5.74) is -0.911.